The van der Waals surface area contributed by atoms with Gasteiger partial charge in [-0.1, -0.05) is 5.16 Å². The lowest BCUT2D eigenvalue weighted by atomic mass is 9.97. The van der Waals surface area contributed by atoms with Crippen LogP contribution in [-0.4, -0.2) is 59.4 Å². The number of rotatable bonds is 7. The Labute approximate surface area is 191 Å². The molecule has 2 aromatic rings. The van der Waals surface area contributed by atoms with Crippen LogP contribution in [0.5, 0.6) is 0 Å². The predicted octanol–water partition coefficient (Wildman–Crippen LogP) is 3.22. The van der Waals surface area contributed by atoms with Crippen molar-refractivity contribution in [1.82, 2.24) is 19.8 Å². The third-order valence-electron chi connectivity index (χ3n) is 5.85. The molecule has 1 atom stereocenters. The number of carbonyl (C=O) groups is 1. The van der Waals surface area contributed by atoms with Crippen LogP contribution in [0.4, 0.5) is 0 Å². The number of nitrogens with one attached hydrogen (secondary N) is 1. The zero-order valence-electron chi connectivity index (χ0n) is 17.8. The van der Waals surface area contributed by atoms with Crippen molar-refractivity contribution < 1.29 is 17.7 Å². The van der Waals surface area contributed by atoms with Gasteiger partial charge < -0.3 is 9.84 Å². The van der Waals surface area contributed by atoms with Gasteiger partial charge >= 0.3 is 0 Å². The normalized spacial score (nSPS) is 20.9. The van der Waals surface area contributed by atoms with Gasteiger partial charge in [0.1, 0.15) is 0 Å². The van der Waals surface area contributed by atoms with Crippen molar-refractivity contribution in [2.45, 2.75) is 56.1 Å². The first-order chi connectivity index (χ1) is 14.8. The predicted molar refractivity (Wildman–Crippen MR) is 122 cm³/mol. The average molecular weight is 485 g/mol. The Morgan fingerprint density at radius 2 is 2.06 bits per heavy atom. The van der Waals surface area contributed by atoms with E-state index in [4.69, 9.17) is 4.52 Å². The molecular weight excluding hydrogens is 456 g/mol. The maximum absolute atomic E-state index is 13.2. The molecule has 2 aliphatic heterocycles. The highest BCUT2D eigenvalue weighted by Crippen LogP contribution is 2.35. The molecular formula is C20H28N4O4S3. The van der Waals surface area contributed by atoms with Crippen LogP contribution in [0.25, 0.3) is 10.7 Å². The molecule has 2 aromatic heterocycles. The summed E-state index contributed by atoms with van der Waals surface area (Å²) in [5.74, 6) is 2.00. The zero-order chi connectivity index (χ0) is 22.0. The summed E-state index contributed by atoms with van der Waals surface area (Å²) < 4.78 is 32.9. The van der Waals surface area contributed by atoms with Gasteiger partial charge in [0.25, 0.3) is 0 Å². The van der Waals surface area contributed by atoms with Gasteiger partial charge in [0.2, 0.25) is 27.6 Å². The van der Waals surface area contributed by atoms with Crippen molar-refractivity contribution in [3.05, 3.63) is 16.8 Å². The molecule has 170 valence electrons. The minimum Gasteiger partial charge on any atom is -0.356 e. The summed E-state index contributed by atoms with van der Waals surface area (Å²) in [5, 5.41) is 7.61. The summed E-state index contributed by atoms with van der Waals surface area (Å²) in [6.07, 6.45) is 4.62. The molecule has 2 saturated heterocycles. The van der Waals surface area contributed by atoms with E-state index >= 15 is 0 Å². The summed E-state index contributed by atoms with van der Waals surface area (Å²) in [7, 11) is -3.63. The van der Waals surface area contributed by atoms with Crippen molar-refractivity contribution in [3.8, 4) is 10.7 Å². The van der Waals surface area contributed by atoms with Gasteiger partial charge in [-0.25, -0.2) is 8.42 Å². The van der Waals surface area contributed by atoms with E-state index in [0.717, 1.165) is 6.42 Å². The highest BCUT2D eigenvalue weighted by molar-refractivity contribution is 8.00. The Morgan fingerprint density at radius 3 is 2.71 bits per heavy atom. The monoisotopic (exact) mass is 484 g/mol. The smallest absolute Gasteiger partial charge is 0.244 e. The molecule has 2 fully saturated rings. The van der Waals surface area contributed by atoms with Crippen LogP contribution >= 0.6 is 23.1 Å². The van der Waals surface area contributed by atoms with E-state index in [-0.39, 0.29) is 16.7 Å². The second kappa shape index (κ2) is 9.60. The van der Waals surface area contributed by atoms with Gasteiger partial charge in [0, 0.05) is 42.6 Å². The third kappa shape index (κ3) is 5.15. The fourth-order valence-corrected chi connectivity index (χ4v) is 8.34. The maximum Gasteiger partial charge on any atom is 0.244 e. The first-order valence-corrected chi connectivity index (χ1v) is 14.0. The van der Waals surface area contributed by atoms with Crippen LogP contribution in [0.3, 0.4) is 0 Å². The lowest BCUT2D eigenvalue weighted by Crippen LogP contribution is -2.43. The van der Waals surface area contributed by atoms with Gasteiger partial charge in [-0.3, -0.25) is 4.79 Å². The average Bonchev–Trinajstić information content (AvgIpc) is 3.49. The van der Waals surface area contributed by atoms with Crippen molar-refractivity contribution in [1.29, 1.82) is 0 Å². The Balaban J connectivity index is 1.33. The van der Waals surface area contributed by atoms with Crippen LogP contribution in [-0.2, 0) is 14.8 Å². The van der Waals surface area contributed by atoms with E-state index in [9.17, 15) is 13.2 Å². The summed E-state index contributed by atoms with van der Waals surface area (Å²) in [5.41, 5.74) is 0. The number of nitrogens with zero attached hydrogens (tertiary/aromatic N) is 3. The van der Waals surface area contributed by atoms with Crippen molar-refractivity contribution in [2.24, 2.45) is 5.92 Å². The standard InChI is InChI=1S/C20H28N4O4S3/c1-13-18(12-17(30-13)19-22-14(2)28-23-19)31(26,27)24-9-6-15(7-10-24)20(25)21-8-5-16-4-3-11-29-16/h12,15-16H,3-11H2,1-2H3,(H,21,25). The molecule has 0 spiro atoms. The Hall–Kier alpha value is -1.43. The second-order valence-corrected chi connectivity index (χ2v) is 12.6. The first kappa shape index (κ1) is 22.8. The lowest BCUT2D eigenvalue weighted by Gasteiger charge is -2.30. The van der Waals surface area contributed by atoms with Crippen LogP contribution in [0.2, 0.25) is 0 Å². The van der Waals surface area contributed by atoms with Crippen LogP contribution in [0.1, 0.15) is 42.9 Å². The summed E-state index contributed by atoms with van der Waals surface area (Å²) in [6, 6.07) is 1.62. The maximum atomic E-state index is 13.2. The number of amides is 1. The van der Waals surface area contributed by atoms with E-state index < -0.39 is 10.0 Å². The SMILES string of the molecule is Cc1nc(-c2cc(S(=O)(=O)N3CCC(C(=O)NCCC4CCCS4)CC3)c(C)s2)no1. The third-order valence-corrected chi connectivity index (χ3v) is 10.5. The second-order valence-electron chi connectivity index (χ2n) is 8.06. The van der Waals surface area contributed by atoms with E-state index in [2.05, 4.69) is 15.5 Å². The number of piperidine rings is 1. The van der Waals surface area contributed by atoms with Gasteiger partial charge in [-0.05, 0) is 50.8 Å². The number of aryl methyl sites for hydroxylation is 2. The molecule has 2 aliphatic rings. The topological polar surface area (TPSA) is 105 Å². The zero-order valence-corrected chi connectivity index (χ0v) is 20.2. The molecule has 0 saturated carbocycles. The largest absolute Gasteiger partial charge is 0.356 e. The van der Waals surface area contributed by atoms with Crippen molar-refractivity contribution >= 4 is 39.0 Å². The summed E-state index contributed by atoms with van der Waals surface area (Å²) >= 11 is 3.34. The van der Waals surface area contributed by atoms with E-state index in [1.165, 1.54) is 34.2 Å². The van der Waals surface area contributed by atoms with E-state index in [1.54, 1.807) is 19.9 Å². The van der Waals surface area contributed by atoms with Gasteiger partial charge in [-0.15, -0.1) is 11.3 Å². The number of hydrogen-bond donors (Lipinski definition) is 1. The van der Waals surface area contributed by atoms with Crippen molar-refractivity contribution in [2.75, 3.05) is 25.4 Å². The first-order valence-electron chi connectivity index (χ1n) is 10.6. The molecule has 0 radical (unpaired) electrons. The molecule has 4 rings (SSSR count). The molecule has 8 nitrogen and oxygen atoms in total. The molecule has 1 N–H and O–H groups in total. The molecule has 31 heavy (non-hydrogen) atoms. The van der Waals surface area contributed by atoms with Gasteiger partial charge in [0.05, 0.1) is 9.77 Å². The number of sulfonamides is 1. The molecule has 0 aliphatic carbocycles. The Bertz CT molecular complexity index is 1020. The molecule has 0 aromatic carbocycles. The summed E-state index contributed by atoms with van der Waals surface area (Å²) in [6.45, 7) is 4.90. The van der Waals surface area contributed by atoms with Gasteiger partial charge in [-0.2, -0.15) is 21.1 Å². The minimum absolute atomic E-state index is 0.0570. The molecule has 1 unspecified atom stereocenters. The number of hydrogen-bond acceptors (Lipinski definition) is 8. The number of thiophene rings is 1. The number of carbonyl (C=O) groups excluding carboxylic acids is 1. The fourth-order valence-electron chi connectivity index (χ4n) is 4.10. The molecule has 0 bridgehead atoms. The fraction of sp³-hybridized carbons (Fsp3) is 0.650. The highest BCUT2D eigenvalue weighted by Gasteiger charge is 2.34. The molecule has 4 heterocycles. The van der Waals surface area contributed by atoms with Crippen molar-refractivity contribution in [3.63, 3.8) is 0 Å². The Morgan fingerprint density at radius 1 is 1.29 bits per heavy atom. The number of thioether (sulfide) groups is 1. The van der Waals surface area contributed by atoms with Crippen LogP contribution in [0, 0.1) is 19.8 Å². The number of aromatic nitrogens is 2. The van der Waals surface area contributed by atoms with Crippen LogP contribution in [0.15, 0.2) is 15.5 Å². The summed E-state index contributed by atoms with van der Waals surface area (Å²) in [4.78, 5) is 18.3. The minimum atomic E-state index is -3.63. The lowest BCUT2D eigenvalue weighted by molar-refractivity contribution is -0.126. The van der Waals surface area contributed by atoms with Gasteiger partial charge in [0.15, 0.2) is 0 Å². The van der Waals surface area contributed by atoms with Crippen LogP contribution < -0.4 is 5.32 Å². The van der Waals surface area contributed by atoms with E-state index in [1.807, 2.05) is 11.8 Å². The molecule has 1 amide bonds. The highest BCUT2D eigenvalue weighted by atomic mass is 32.2. The Kier molecular flexibility index (Phi) is 7.04. The van der Waals surface area contributed by atoms with E-state index in [0.29, 0.717) is 59.2 Å². The quantitative estimate of drug-likeness (QED) is 0.643. The molecule has 11 heteroatoms.